The van der Waals surface area contributed by atoms with Crippen molar-refractivity contribution in [1.82, 2.24) is 0 Å². The molecule has 0 amide bonds. The zero-order valence-corrected chi connectivity index (χ0v) is 11.2. The molecule has 0 heterocycles. The highest BCUT2D eigenvalue weighted by Gasteiger charge is 2.20. The van der Waals surface area contributed by atoms with E-state index in [4.69, 9.17) is 0 Å². The van der Waals surface area contributed by atoms with Crippen LogP contribution in [0.2, 0.25) is 0 Å². The van der Waals surface area contributed by atoms with Crippen LogP contribution in [0.5, 0.6) is 0 Å². The second kappa shape index (κ2) is 10.2. The Kier molecular flexibility index (Phi) is 9.32. The van der Waals surface area contributed by atoms with Crippen molar-refractivity contribution < 1.29 is 32.3 Å². The van der Waals surface area contributed by atoms with Crippen LogP contribution in [-0.2, 0) is 19.1 Å². The summed E-state index contributed by atoms with van der Waals surface area (Å²) >= 11 is 0. The predicted octanol–water partition coefficient (Wildman–Crippen LogP) is 3.45. The fraction of sp³-hybridized carbons (Fsp3) is 0.615. The summed E-state index contributed by atoms with van der Waals surface area (Å²) in [4.78, 5) is 33.0. The summed E-state index contributed by atoms with van der Waals surface area (Å²) in [5.74, 6) is -5.36. The molecule has 0 aliphatic rings. The summed E-state index contributed by atoms with van der Waals surface area (Å²) in [5, 5.41) is 0. The summed E-state index contributed by atoms with van der Waals surface area (Å²) in [6.07, 6.45) is 0.188. The number of carbonyl (C=O) groups excluding carboxylic acids is 3. The predicted molar refractivity (Wildman–Crippen MR) is 64.4 cm³/mol. The van der Waals surface area contributed by atoms with E-state index in [9.17, 15) is 27.6 Å². The smallest absolute Gasteiger partial charge is 0.380 e. The van der Waals surface area contributed by atoms with Gasteiger partial charge in [0, 0.05) is 19.3 Å². The quantitative estimate of drug-likeness (QED) is 0.283. The minimum atomic E-state index is -2.83. The van der Waals surface area contributed by atoms with Gasteiger partial charge >= 0.3 is 18.0 Å². The lowest BCUT2D eigenvalue weighted by molar-refractivity contribution is -0.158. The van der Waals surface area contributed by atoms with Gasteiger partial charge in [0.2, 0.25) is 0 Å². The Morgan fingerprint density at radius 2 is 1.45 bits per heavy atom. The van der Waals surface area contributed by atoms with Crippen LogP contribution in [0.3, 0.4) is 0 Å². The number of rotatable bonds is 9. The Bertz CT molecular complexity index is 387. The molecule has 0 spiro atoms. The minimum absolute atomic E-state index is 0.0878. The van der Waals surface area contributed by atoms with Crippen molar-refractivity contribution in [3.8, 4) is 0 Å². The van der Waals surface area contributed by atoms with Crippen molar-refractivity contribution in [2.75, 3.05) is 0 Å². The molecular weight excluding hydrogens is 277 g/mol. The highest BCUT2D eigenvalue weighted by molar-refractivity contribution is 5.94. The number of hydrogen-bond donors (Lipinski definition) is 0. The van der Waals surface area contributed by atoms with E-state index in [1.807, 2.05) is 6.92 Å². The van der Waals surface area contributed by atoms with Gasteiger partial charge in [-0.3, -0.25) is 9.59 Å². The van der Waals surface area contributed by atoms with E-state index in [0.29, 0.717) is 19.3 Å². The van der Waals surface area contributed by atoms with E-state index >= 15 is 0 Å². The fourth-order valence-electron chi connectivity index (χ4n) is 1.37. The van der Waals surface area contributed by atoms with E-state index in [2.05, 4.69) is 4.74 Å². The van der Waals surface area contributed by atoms with Crippen molar-refractivity contribution >= 4 is 17.7 Å². The molecule has 20 heavy (non-hydrogen) atoms. The maximum atomic E-state index is 12.4. The standard InChI is InChI=1S/C13H17F3O4/c1-2-3-6-9(17)7-4-5-8-10(18)20-13(19)11(14)12(15)16/h2-8H2,1H3. The number of esters is 2. The first-order valence-electron chi connectivity index (χ1n) is 6.36. The molecule has 114 valence electrons. The van der Waals surface area contributed by atoms with Gasteiger partial charge in [-0.05, 0) is 19.3 Å². The number of Topliss-reactive ketones (excluding diaryl/α,β-unsaturated/α-hetero) is 1. The number of ketones is 1. The molecule has 7 heteroatoms. The maximum absolute atomic E-state index is 12.4. The average molecular weight is 294 g/mol. The number of halogens is 3. The molecule has 0 aliphatic carbocycles. The molecule has 0 unspecified atom stereocenters. The molecule has 0 saturated carbocycles. The lowest BCUT2D eigenvalue weighted by atomic mass is 10.1. The first-order chi connectivity index (χ1) is 9.38. The second-order valence-corrected chi connectivity index (χ2v) is 4.19. The Morgan fingerprint density at radius 3 is 2.00 bits per heavy atom. The van der Waals surface area contributed by atoms with Gasteiger partial charge in [0.25, 0.3) is 5.83 Å². The van der Waals surface area contributed by atoms with E-state index < -0.39 is 23.8 Å². The minimum Gasteiger partial charge on any atom is -0.388 e. The van der Waals surface area contributed by atoms with E-state index in [1.165, 1.54) is 0 Å². The molecule has 0 bridgehead atoms. The SMILES string of the molecule is CCCCC(=O)CCCCC(=O)OC(=O)C(F)=C(F)F. The Hall–Kier alpha value is -1.66. The number of ether oxygens (including phenoxy) is 1. The zero-order valence-electron chi connectivity index (χ0n) is 11.2. The molecule has 0 radical (unpaired) electrons. The Balaban J connectivity index is 3.82. The molecule has 0 aliphatic heterocycles. The normalized spacial score (nSPS) is 10.0. The van der Waals surface area contributed by atoms with Crippen molar-refractivity contribution in [3.63, 3.8) is 0 Å². The Morgan fingerprint density at radius 1 is 0.900 bits per heavy atom. The fourth-order valence-corrected chi connectivity index (χ4v) is 1.37. The van der Waals surface area contributed by atoms with Crippen LogP contribution in [0.1, 0.15) is 51.9 Å². The van der Waals surface area contributed by atoms with Gasteiger partial charge in [-0.25, -0.2) is 4.79 Å². The van der Waals surface area contributed by atoms with E-state index in [1.54, 1.807) is 0 Å². The van der Waals surface area contributed by atoms with Crippen LogP contribution in [0, 0.1) is 0 Å². The van der Waals surface area contributed by atoms with Crippen LogP contribution < -0.4 is 0 Å². The van der Waals surface area contributed by atoms with Gasteiger partial charge in [-0.2, -0.15) is 13.2 Å². The van der Waals surface area contributed by atoms with Gasteiger partial charge in [0.15, 0.2) is 0 Å². The van der Waals surface area contributed by atoms with Gasteiger partial charge < -0.3 is 4.74 Å². The highest BCUT2D eigenvalue weighted by Crippen LogP contribution is 2.12. The van der Waals surface area contributed by atoms with Crippen molar-refractivity contribution in [2.24, 2.45) is 0 Å². The second-order valence-electron chi connectivity index (χ2n) is 4.19. The molecule has 0 N–H and O–H groups in total. The highest BCUT2D eigenvalue weighted by atomic mass is 19.3. The third kappa shape index (κ3) is 8.44. The molecule has 0 aromatic carbocycles. The van der Waals surface area contributed by atoms with Gasteiger partial charge in [-0.15, -0.1) is 0 Å². The summed E-state index contributed by atoms with van der Waals surface area (Å²) in [6.45, 7) is 1.97. The first-order valence-corrected chi connectivity index (χ1v) is 6.36. The van der Waals surface area contributed by atoms with Crippen LogP contribution >= 0.6 is 0 Å². The average Bonchev–Trinajstić information content (AvgIpc) is 2.40. The van der Waals surface area contributed by atoms with E-state index in [-0.39, 0.29) is 18.6 Å². The monoisotopic (exact) mass is 294 g/mol. The van der Waals surface area contributed by atoms with Crippen LogP contribution in [0.15, 0.2) is 11.9 Å². The largest absolute Gasteiger partial charge is 0.388 e. The summed E-state index contributed by atoms with van der Waals surface area (Å²) in [7, 11) is 0. The maximum Gasteiger partial charge on any atom is 0.380 e. The molecule has 0 aromatic rings. The summed E-state index contributed by atoms with van der Waals surface area (Å²) < 4.78 is 39.6. The third-order valence-corrected chi connectivity index (χ3v) is 2.45. The van der Waals surface area contributed by atoms with Crippen molar-refractivity contribution in [2.45, 2.75) is 51.9 Å². The zero-order chi connectivity index (χ0) is 15.5. The van der Waals surface area contributed by atoms with Crippen LogP contribution in [0.25, 0.3) is 0 Å². The van der Waals surface area contributed by atoms with Crippen LogP contribution in [-0.4, -0.2) is 17.7 Å². The van der Waals surface area contributed by atoms with Gasteiger partial charge in [-0.1, -0.05) is 13.3 Å². The topological polar surface area (TPSA) is 60.4 Å². The first kappa shape index (κ1) is 18.3. The Labute approximate surface area is 115 Å². The molecule has 0 atom stereocenters. The molecule has 0 rings (SSSR count). The summed E-state index contributed by atoms with van der Waals surface area (Å²) in [5.41, 5.74) is 0. The molecule has 0 saturated heterocycles. The molecule has 0 fully saturated rings. The molecule has 0 aromatic heterocycles. The lowest BCUT2D eigenvalue weighted by Gasteiger charge is -2.02. The van der Waals surface area contributed by atoms with Crippen LogP contribution in [0.4, 0.5) is 13.2 Å². The summed E-state index contributed by atoms with van der Waals surface area (Å²) in [6, 6.07) is 0. The number of hydrogen-bond acceptors (Lipinski definition) is 4. The van der Waals surface area contributed by atoms with Crippen molar-refractivity contribution in [1.29, 1.82) is 0 Å². The molecular formula is C13H17F3O4. The lowest BCUT2D eigenvalue weighted by Crippen LogP contribution is -2.13. The third-order valence-electron chi connectivity index (χ3n) is 2.45. The van der Waals surface area contributed by atoms with Gasteiger partial charge in [0.1, 0.15) is 5.78 Å². The van der Waals surface area contributed by atoms with E-state index in [0.717, 1.165) is 12.8 Å². The van der Waals surface area contributed by atoms with Crippen molar-refractivity contribution in [3.05, 3.63) is 11.9 Å². The van der Waals surface area contributed by atoms with Gasteiger partial charge in [0.05, 0.1) is 0 Å². The molecule has 4 nitrogen and oxygen atoms in total. The number of carbonyl (C=O) groups is 3. The number of unbranched alkanes of at least 4 members (excludes halogenated alkanes) is 2.